The van der Waals surface area contributed by atoms with Crippen LogP contribution in [0.5, 0.6) is 0 Å². The van der Waals surface area contributed by atoms with Crippen molar-refractivity contribution in [2.45, 2.75) is 77.0 Å². The molecule has 0 amide bonds. The number of rotatable bonds is 5. The zero-order chi connectivity index (χ0) is 26.8. The number of aliphatic hydroxyl groups excluding tert-OH is 1. The van der Waals surface area contributed by atoms with Crippen molar-refractivity contribution < 1.29 is 19.4 Å². The van der Waals surface area contributed by atoms with Crippen LogP contribution in [0.4, 0.5) is 5.95 Å². The number of Topliss-reactive ketones (excluding diaryl/α,β-unsaturated/α-hetero) is 1. The Balaban J connectivity index is 1.47. The van der Waals surface area contributed by atoms with Crippen LogP contribution in [0.2, 0.25) is 0 Å². The third-order valence-corrected chi connectivity index (χ3v) is 11.1. The molecule has 10 heteroatoms. The molecule has 3 aliphatic carbocycles. The number of nitrogens with one attached hydrogen (secondary N) is 1. The third kappa shape index (κ3) is 3.90. The van der Waals surface area contributed by atoms with Gasteiger partial charge in [0.05, 0.1) is 18.2 Å². The summed E-state index contributed by atoms with van der Waals surface area (Å²) in [4.78, 5) is 42.3. The molecule has 0 spiro atoms. The molecule has 2 aromatic heterocycles. The summed E-state index contributed by atoms with van der Waals surface area (Å²) >= 11 is 1.21. The van der Waals surface area contributed by atoms with Crippen molar-refractivity contribution in [1.29, 1.82) is 0 Å². The SMILES string of the molecule is C=C[C@]1(C)C[C@@H](OC(=O)CSc2nc(N)nc3nc[nH]c23)[C@@]2(C)C3C(=O)CC[C@@]3(CC[C@H]2C)[C@@H](C)[C@@H]1O. The lowest BCUT2D eigenvalue weighted by Crippen LogP contribution is -2.63. The molecule has 8 atom stereocenters. The fourth-order valence-electron chi connectivity index (χ4n) is 7.75. The summed E-state index contributed by atoms with van der Waals surface area (Å²) in [5, 5.41) is 12.2. The molecule has 4 N–H and O–H groups in total. The van der Waals surface area contributed by atoms with Gasteiger partial charge < -0.3 is 20.6 Å². The van der Waals surface area contributed by atoms with Crippen molar-refractivity contribution in [2.24, 2.45) is 34.0 Å². The van der Waals surface area contributed by atoms with Crippen LogP contribution in [0.15, 0.2) is 24.0 Å². The molecule has 3 fully saturated rings. The molecule has 2 aromatic rings. The fraction of sp³-hybridized carbons (Fsp3) is 0.667. The Morgan fingerprint density at radius 2 is 2.11 bits per heavy atom. The molecule has 0 aromatic carbocycles. The minimum absolute atomic E-state index is 0.0129. The fourth-order valence-corrected chi connectivity index (χ4v) is 8.52. The van der Waals surface area contributed by atoms with E-state index in [-0.39, 0.29) is 40.7 Å². The first-order valence-corrected chi connectivity index (χ1v) is 14.1. The first kappa shape index (κ1) is 26.2. The summed E-state index contributed by atoms with van der Waals surface area (Å²) in [6, 6.07) is 0. The summed E-state index contributed by atoms with van der Waals surface area (Å²) in [5.74, 6) is -0.196. The number of aliphatic hydroxyl groups is 1. The normalized spacial score (nSPS) is 39.6. The standard InChI is InChI=1S/C27H37N5O4S/c1-6-25(4)11-17(36-18(34)12-37-23-19-22(30-13-29-19)31-24(28)32-23)26(5)14(2)7-9-27(15(3)21(25)35)10-8-16(33)20(26)27/h6,13-15,17,20-21,35H,1,7-12H2,2-5H3,(H3,28,29,30,31,32)/t14-,15+,17-,20?,21+,25-,26+,27+/m1/s1. The van der Waals surface area contributed by atoms with Gasteiger partial charge in [-0.05, 0) is 42.9 Å². The Labute approximate surface area is 221 Å². The maximum atomic E-state index is 13.5. The Hall–Kier alpha value is -2.46. The smallest absolute Gasteiger partial charge is 0.316 e. The van der Waals surface area contributed by atoms with Gasteiger partial charge in [-0.2, -0.15) is 4.98 Å². The minimum atomic E-state index is -0.690. The summed E-state index contributed by atoms with van der Waals surface area (Å²) in [5.41, 5.74) is 5.37. The molecule has 2 bridgehead atoms. The molecule has 5 rings (SSSR count). The topological polar surface area (TPSA) is 144 Å². The van der Waals surface area contributed by atoms with E-state index in [2.05, 4.69) is 47.3 Å². The zero-order valence-electron chi connectivity index (χ0n) is 22.0. The number of nitrogen functional groups attached to an aromatic ring is 1. The molecule has 2 heterocycles. The molecular weight excluding hydrogens is 490 g/mol. The van der Waals surface area contributed by atoms with Crippen LogP contribution >= 0.6 is 11.8 Å². The van der Waals surface area contributed by atoms with Crippen LogP contribution in [-0.2, 0) is 14.3 Å². The number of hydrogen-bond acceptors (Lipinski definition) is 9. The zero-order valence-corrected chi connectivity index (χ0v) is 22.8. The predicted molar refractivity (Wildman–Crippen MR) is 141 cm³/mol. The van der Waals surface area contributed by atoms with E-state index in [4.69, 9.17) is 10.5 Å². The number of carbonyl (C=O) groups excluding carboxylic acids is 2. The number of hydrogen-bond donors (Lipinski definition) is 3. The first-order chi connectivity index (χ1) is 17.5. The van der Waals surface area contributed by atoms with Crippen molar-refractivity contribution in [3.8, 4) is 0 Å². The summed E-state index contributed by atoms with van der Waals surface area (Å²) < 4.78 is 6.29. The summed E-state index contributed by atoms with van der Waals surface area (Å²) in [6.45, 7) is 12.5. The van der Waals surface area contributed by atoms with E-state index in [1.165, 1.54) is 18.1 Å². The molecule has 9 nitrogen and oxygen atoms in total. The highest BCUT2D eigenvalue weighted by molar-refractivity contribution is 8.00. The number of thioether (sulfide) groups is 1. The van der Waals surface area contributed by atoms with Gasteiger partial charge in [-0.25, -0.2) is 9.97 Å². The lowest BCUT2D eigenvalue weighted by molar-refractivity contribution is -0.205. The number of carbonyl (C=O) groups is 2. The van der Waals surface area contributed by atoms with E-state index < -0.39 is 29.0 Å². The lowest BCUT2D eigenvalue weighted by atomic mass is 9.44. The number of fused-ring (bicyclic) bond motifs is 1. The molecule has 200 valence electrons. The third-order valence-electron chi connectivity index (χ3n) is 10.2. The van der Waals surface area contributed by atoms with Crippen molar-refractivity contribution in [1.82, 2.24) is 19.9 Å². The van der Waals surface area contributed by atoms with Gasteiger partial charge in [0.2, 0.25) is 5.95 Å². The van der Waals surface area contributed by atoms with Gasteiger partial charge in [-0.1, -0.05) is 45.5 Å². The van der Waals surface area contributed by atoms with Crippen LogP contribution in [0.25, 0.3) is 11.2 Å². The molecule has 3 aliphatic rings. The van der Waals surface area contributed by atoms with E-state index in [1.807, 2.05) is 6.92 Å². The van der Waals surface area contributed by atoms with Gasteiger partial charge in [-0.3, -0.25) is 9.59 Å². The van der Waals surface area contributed by atoms with Gasteiger partial charge in [0.1, 0.15) is 22.4 Å². The predicted octanol–water partition coefficient (Wildman–Crippen LogP) is 3.93. The molecule has 0 saturated heterocycles. The second-order valence-electron chi connectivity index (χ2n) is 11.8. The van der Waals surface area contributed by atoms with Crippen LogP contribution in [0, 0.1) is 34.0 Å². The number of ether oxygens (including phenoxy) is 1. The van der Waals surface area contributed by atoms with Gasteiger partial charge in [0, 0.05) is 23.2 Å². The highest BCUT2D eigenvalue weighted by Crippen LogP contribution is 2.68. The number of nitrogens with zero attached hydrogens (tertiary/aromatic N) is 3. The number of aromatic amines is 1. The Morgan fingerprint density at radius 1 is 1.35 bits per heavy atom. The highest BCUT2D eigenvalue weighted by atomic mass is 32.2. The highest BCUT2D eigenvalue weighted by Gasteiger charge is 2.68. The van der Waals surface area contributed by atoms with Gasteiger partial charge in [0.25, 0.3) is 0 Å². The molecule has 1 unspecified atom stereocenters. The van der Waals surface area contributed by atoms with Gasteiger partial charge >= 0.3 is 5.97 Å². The van der Waals surface area contributed by atoms with E-state index in [0.717, 1.165) is 19.3 Å². The number of nitrogens with two attached hydrogens (primary N) is 1. The Morgan fingerprint density at radius 3 is 2.84 bits per heavy atom. The number of anilines is 1. The largest absolute Gasteiger partial charge is 0.461 e. The maximum Gasteiger partial charge on any atom is 0.316 e. The van der Waals surface area contributed by atoms with Gasteiger partial charge in [0.15, 0.2) is 5.65 Å². The minimum Gasteiger partial charge on any atom is -0.461 e. The molecule has 0 aliphatic heterocycles. The quantitative estimate of drug-likeness (QED) is 0.228. The number of esters is 1. The summed E-state index contributed by atoms with van der Waals surface area (Å²) in [6.07, 6.45) is 5.61. The van der Waals surface area contributed by atoms with Crippen molar-refractivity contribution in [3.63, 3.8) is 0 Å². The molecule has 0 radical (unpaired) electrons. The Kier molecular flexibility index (Phi) is 6.42. The number of imidazole rings is 1. The second kappa shape index (κ2) is 9.08. The number of H-pyrrole nitrogens is 1. The van der Waals surface area contributed by atoms with E-state index in [9.17, 15) is 14.7 Å². The van der Waals surface area contributed by atoms with Gasteiger partial charge in [-0.15, -0.1) is 6.58 Å². The monoisotopic (exact) mass is 527 g/mol. The van der Waals surface area contributed by atoms with Crippen LogP contribution in [0.1, 0.15) is 59.8 Å². The lowest BCUT2D eigenvalue weighted by Gasteiger charge is -2.61. The molecule has 3 saturated carbocycles. The van der Waals surface area contributed by atoms with Crippen molar-refractivity contribution in [2.75, 3.05) is 11.5 Å². The summed E-state index contributed by atoms with van der Waals surface area (Å²) in [7, 11) is 0. The average Bonchev–Trinajstić information content (AvgIpc) is 3.48. The van der Waals surface area contributed by atoms with Crippen molar-refractivity contribution in [3.05, 3.63) is 19.0 Å². The molecule has 37 heavy (non-hydrogen) atoms. The average molecular weight is 528 g/mol. The van der Waals surface area contributed by atoms with E-state index >= 15 is 0 Å². The maximum absolute atomic E-state index is 13.5. The second-order valence-corrected chi connectivity index (χ2v) is 12.8. The van der Waals surface area contributed by atoms with E-state index in [1.54, 1.807) is 6.08 Å². The van der Waals surface area contributed by atoms with E-state index in [0.29, 0.717) is 29.0 Å². The first-order valence-electron chi connectivity index (χ1n) is 13.1. The number of ketones is 1. The van der Waals surface area contributed by atoms with Crippen LogP contribution in [-0.4, -0.2) is 54.8 Å². The molecular formula is C27H37N5O4S. The Bertz CT molecular complexity index is 1250. The number of aromatic nitrogens is 4. The van der Waals surface area contributed by atoms with Crippen LogP contribution < -0.4 is 5.73 Å². The van der Waals surface area contributed by atoms with Crippen LogP contribution in [0.3, 0.4) is 0 Å². The van der Waals surface area contributed by atoms with Crippen molar-refractivity contribution >= 4 is 40.6 Å².